The van der Waals surface area contributed by atoms with Crippen LogP contribution >= 0.6 is 11.6 Å². The zero-order valence-electron chi connectivity index (χ0n) is 11.8. The van der Waals surface area contributed by atoms with Gasteiger partial charge < -0.3 is 10.6 Å². The molecule has 1 aliphatic rings. The smallest absolute Gasteiger partial charge is 0.247 e. The summed E-state index contributed by atoms with van der Waals surface area (Å²) < 4.78 is 0. The second-order valence-electron chi connectivity index (χ2n) is 5.26. The molecular formula is C16H19ClN2O2. The minimum Gasteiger partial charge on any atom is -0.368 e. The SMILES string of the molecule is NC(=O)CN(C(=O)C=Cc1ccc(Cl)cc1)C1CCCC1. The molecule has 0 radical (unpaired) electrons. The molecule has 2 amide bonds. The van der Waals surface area contributed by atoms with Gasteiger partial charge in [-0.3, -0.25) is 9.59 Å². The number of hydrogen-bond donors (Lipinski definition) is 1. The highest BCUT2D eigenvalue weighted by Crippen LogP contribution is 2.23. The van der Waals surface area contributed by atoms with Gasteiger partial charge >= 0.3 is 0 Å². The molecule has 5 heteroatoms. The third kappa shape index (κ3) is 4.60. The Kier molecular flexibility index (Phi) is 5.39. The maximum Gasteiger partial charge on any atom is 0.247 e. The van der Waals surface area contributed by atoms with Gasteiger partial charge in [0.25, 0.3) is 0 Å². The molecule has 0 aromatic heterocycles. The van der Waals surface area contributed by atoms with E-state index in [0.717, 1.165) is 31.2 Å². The second-order valence-corrected chi connectivity index (χ2v) is 5.69. The summed E-state index contributed by atoms with van der Waals surface area (Å²) in [6, 6.07) is 7.33. The fraction of sp³-hybridized carbons (Fsp3) is 0.375. The molecule has 1 fully saturated rings. The molecule has 2 N–H and O–H groups in total. The molecule has 0 atom stereocenters. The van der Waals surface area contributed by atoms with E-state index >= 15 is 0 Å². The van der Waals surface area contributed by atoms with Crippen LogP contribution in [0.1, 0.15) is 31.2 Å². The molecule has 1 aromatic carbocycles. The number of nitrogens with two attached hydrogens (primary N) is 1. The Morgan fingerprint density at radius 2 is 1.86 bits per heavy atom. The lowest BCUT2D eigenvalue weighted by Crippen LogP contribution is -2.43. The Hall–Kier alpha value is -1.81. The number of halogens is 1. The van der Waals surface area contributed by atoms with E-state index in [1.807, 2.05) is 12.1 Å². The summed E-state index contributed by atoms with van der Waals surface area (Å²) in [5.74, 6) is -0.647. The molecule has 1 saturated carbocycles. The first-order valence-corrected chi connectivity index (χ1v) is 7.46. The van der Waals surface area contributed by atoms with Crippen LogP contribution in [0.25, 0.3) is 6.08 Å². The fourth-order valence-electron chi connectivity index (χ4n) is 2.61. The van der Waals surface area contributed by atoms with Gasteiger partial charge in [0.15, 0.2) is 0 Å². The van der Waals surface area contributed by atoms with Gasteiger partial charge in [0, 0.05) is 17.1 Å². The van der Waals surface area contributed by atoms with Gasteiger partial charge in [-0.05, 0) is 36.6 Å². The third-order valence-corrected chi connectivity index (χ3v) is 3.92. The lowest BCUT2D eigenvalue weighted by atomic mass is 10.1. The average Bonchev–Trinajstić information content (AvgIpc) is 2.97. The Morgan fingerprint density at radius 3 is 2.43 bits per heavy atom. The number of amides is 2. The predicted octanol–water partition coefficient (Wildman–Crippen LogP) is 2.61. The van der Waals surface area contributed by atoms with Crippen molar-refractivity contribution in [3.05, 3.63) is 40.9 Å². The van der Waals surface area contributed by atoms with E-state index in [0.29, 0.717) is 5.02 Å². The van der Waals surface area contributed by atoms with Crippen molar-refractivity contribution in [3.8, 4) is 0 Å². The van der Waals surface area contributed by atoms with Crippen LogP contribution in [-0.2, 0) is 9.59 Å². The summed E-state index contributed by atoms with van der Waals surface area (Å²) in [4.78, 5) is 25.1. The number of hydrogen-bond acceptors (Lipinski definition) is 2. The van der Waals surface area contributed by atoms with Crippen LogP contribution in [0.2, 0.25) is 5.02 Å². The van der Waals surface area contributed by atoms with Gasteiger partial charge in [0.05, 0.1) is 6.54 Å². The summed E-state index contributed by atoms with van der Waals surface area (Å²) in [5.41, 5.74) is 6.14. The maximum absolute atomic E-state index is 12.3. The minimum absolute atomic E-state index is 0.0194. The van der Waals surface area contributed by atoms with E-state index < -0.39 is 5.91 Å². The molecule has 112 valence electrons. The standard InChI is InChI=1S/C16H19ClN2O2/c17-13-8-5-12(6-9-13)7-10-16(21)19(11-15(18)20)14-3-1-2-4-14/h5-10,14H,1-4,11H2,(H2,18,20). The molecule has 0 bridgehead atoms. The van der Waals surface area contributed by atoms with E-state index in [4.69, 9.17) is 17.3 Å². The monoisotopic (exact) mass is 306 g/mol. The molecule has 1 aliphatic carbocycles. The highest BCUT2D eigenvalue weighted by atomic mass is 35.5. The predicted molar refractivity (Wildman–Crippen MR) is 83.6 cm³/mol. The van der Waals surface area contributed by atoms with Crippen LogP contribution in [-0.4, -0.2) is 29.3 Å². The Bertz CT molecular complexity index is 534. The quantitative estimate of drug-likeness (QED) is 0.850. The lowest BCUT2D eigenvalue weighted by Gasteiger charge is -2.26. The van der Waals surface area contributed by atoms with Crippen molar-refractivity contribution in [2.45, 2.75) is 31.7 Å². The van der Waals surface area contributed by atoms with Crippen molar-refractivity contribution in [1.29, 1.82) is 0 Å². The van der Waals surface area contributed by atoms with Crippen molar-refractivity contribution in [2.75, 3.05) is 6.54 Å². The van der Waals surface area contributed by atoms with Crippen LogP contribution < -0.4 is 5.73 Å². The van der Waals surface area contributed by atoms with E-state index in [1.54, 1.807) is 23.1 Å². The molecule has 0 saturated heterocycles. The van der Waals surface area contributed by atoms with E-state index in [-0.39, 0.29) is 18.5 Å². The summed E-state index contributed by atoms with van der Waals surface area (Å²) in [5, 5.41) is 0.653. The third-order valence-electron chi connectivity index (χ3n) is 3.66. The van der Waals surface area contributed by atoms with Crippen molar-refractivity contribution < 1.29 is 9.59 Å². The largest absolute Gasteiger partial charge is 0.368 e. The van der Waals surface area contributed by atoms with Crippen LogP contribution in [0.5, 0.6) is 0 Å². The maximum atomic E-state index is 12.3. The van der Waals surface area contributed by atoms with E-state index in [9.17, 15) is 9.59 Å². The summed E-state index contributed by atoms with van der Waals surface area (Å²) in [6.45, 7) is -0.0194. The lowest BCUT2D eigenvalue weighted by molar-refractivity contribution is -0.133. The van der Waals surface area contributed by atoms with Crippen LogP contribution in [0.3, 0.4) is 0 Å². The van der Waals surface area contributed by atoms with Crippen LogP contribution in [0.4, 0.5) is 0 Å². The van der Waals surface area contributed by atoms with Crippen molar-refractivity contribution in [2.24, 2.45) is 5.73 Å². The number of rotatable bonds is 5. The van der Waals surface area contributed by atoms with Crippen molar-refractivity contribution in [3.63, 3.8) is 0 Å². The molecular weight excluding hydrogens is 288 g/mol. The highest BCUT2D eigenvalue weighted by molar-refractivity contribution is 6.30. The molecule has 0 spiro atoms. The second kappa shape index (κ2) is 7.27. The van der Waals surface area contributed by atoms with Crippen molar-refractivity contribution in [1.82, 2.24) is 4.90 Å². The number of nitrogens with zero attached hydrogens (tertiary/aromatic N) is 1. The summed E-state index contributed by atoms with van der Waals surface area (Å²) >= 11 is 5.82. The Morgan fingerprint density at radius 1 is 1.24 bits per heavy atom. The Balaban J connectivity index is 2.06. The first-order valence-electron chi connectivity index (χ1n) is 7.09. The summed E-state index contributed by atoms with van der Waals surface area (Å²) in [6.07, 6.45) is 7.27. The molecule has 0 unspecified atom stereocenters. The van der Waals surface area contributed by atoms with Crippen molar-refractivity contribution >= 4 is 29.5 Å². The van der Waals surface area contributed by atoms with Crippen LogP contribution in [0.15, 0.2) is 30.3 Å². The zero-order chi connectivity index (χ0) is 15.2. The Labute approximate surface area is 129 Å². The molecule has 0 heterocycles. The van der Waals surface area contributed by atoms with E-state index in [2.05, 4.69) is 0 Å². The molecule has 4 nitrogen and oxygen atoms in total. The van der Waals surface area contributed by atoms with Gasteiger partial charge in [-0.1, -0.05) is 36.6 Å². The topological polar surface area (TPSA) is 63.4 Å². The molecule has 1 aromatic rings. The average molecular weight is 307 g/mol. The number of carbonyl (C=O) groups excluding carboxylic acids is 2. The first-order chi connectivity index (χ1) is 10.1. The highest BCUT2D eigenvalue weighted by Gasteiger charge is 2.26. The molecule has 21 heavy (non-hydrogen) atoms. The van der Waals surface area contributed by atoms with Gasteiger partial charge in [-0.15, -0.1) is 0 Å². The minimum atomic E-state index is -0.477. The fourth-order valence-corrected chi connectivity index (χ4v) is 2.73. The van der Waals surface area contributed by atoms with Gasteiger partial charge in [0.2, 0.25) is 11.8 Å². The molecule has 2 rings (SSSR count). The molecule has 0 aliphatic heterocycles. The number of carbonyl (C=O) groups is 2. The van der Waals surface area contributed by atoms with Gasteiger partial charge in [-0.25, -0.2) is 0 Å². The van der Waals surface area contributed by atoms with E-state index in [1.165, 1.54) is 6.08 Å². The zero-order valence-corrected chi connectivity index (χ0v) is 12.6. The van der Waals surface area contributed by atoms with Gasteiger partial charge in [0.1, 0.15) is 0 Å². The van der Waals surface area contributed by atoms with Crippen LogP contribution in [0, 0.1) is 0 Å². The first kappa shape index (κ1) is 15.6. The summed E-state index contributed by atoms with van der Waals surface area (Å²) in [7, 11) is 0. The van der Waals surface area contributed by atoms with Gasteiger partial charge in [-0.2, -0.15) is 0 Å². The normalized spacial score (nSPS) is 15.5. The number of benzene rings is 1. The number of primary amides is 1.